The van der Waals surface area contributed by atoms with Gasteiger partial charge in [0.1, 0.15) is 34.6 Å². The van der Waals surface area contributed by atoms with E-state index in [0.29, 0.717) is 12.8 Å². The van der Waals surface area contributed by atoms with E-state index in [0.717, 1.165) is 38.7 Å². The molecule has 0 saturated heterocycles. The van der Waals surface area contributed by atoms with Crippen molar-refractivity contribution in [2.24, 2.45) is 5.92 Å². The van der Waals surface area contributed by atoms with Crippen molar-refractivity contribution >= 4 is 56.7 Å². The Morgan fingerprint density at radius 1 is 1.38 bits per heavy atom. The van der Waals surface area contributed by atoms with Crippen LogP contribution >= 0.6 is 23.3 Å². The molecule has 1 aliphatic heterocycles. The third-order valence-electron chi connectivity index (χ3n) is 4.84. The summed E-state index contributed by atoms with van der Waals surface area (Å²) in [7, 11) is 0. The van der Waals surface area contributed by atoms with Crippen LogP contribution in [-0.2, 0) is 17.6 Å². The van der Waals surface area contributed by atoms with Gasteiger partial charge >= 0.3 is 5.97 Å². The zero-order valence-corrected chi connectivity index (χ0v) is 15.3. The quantitative estimate of drug-likeness (QED) is 0.405. The van der Waals surface area contributed by atoms with Gasteiger partial charge in [0, 0.05) is 10.6 Å². The van der Waals surface area contributed by atoms with E-state index in [1.165, 1.54) is 10.5 Å². The molecule has 3 aromatic rings. The Labute approximate surface area is 157 Å². The van der Waals surface area contributed by atoms with Crippen molar-refractivity contribution < 1.29 is 14.7 Å². The van der Waals surface area contributed by atoms with Gasteiger partial charge in [-0.05, 0) is 43.0 Å². The van der Waals surface area contributed by atoms with Crippen molar-refractivity contribution in [1.82, 2.24) is 9.97 Å². The number of hydrogen-bond donors (Lipinski definition) is 4. The number of hydrogen-bond acceptors (Lipinski definition) is 7. The van der Waals surface area contributed by atoms with Crippen LogP contribution < -0.4 is 15.6 Å². The molecule has 0 fully saturated rings. The van der Waals surface area contributed by atoms with E-state index in [1.807, 2.05) is 17.0 Å². The third kappa shape index (κ3) is 2.59. The number of thiophene rings is 1. The van der Waals surface area contributed by atoms with Gasteiger partial charge in [0.05, 0.1) is 16.2 Å². The Morgan fingerprint density at radius 3 is 3.19 bits per heavy atom. The van der Waals surface area contributed by atoms with E-state index >= 15 is 0 Å². The molecule has 5 N–H and O–H groups in total. The molecule has 26 heavy (non-hydrogen) atoms. The molecule has 9 heteroatoms. The van der Waals surface area contributed by atoms with Gasteiger partial charge in [0.25, 0.3) is 0 Å². The lowest BCUT2D eigenvalue weighted by molar-refractivity contribution is -0.438. The SMILES string of the molecule is O=C(O)C1CCc2c(sc3ncnc(Nc4ccc5c(c4)S[NH2+]N5)c23)C1. The maximum Gasteiger partial charge on any atom is 0.306 e. The number of fused-ring (bicyclic) bond motifs is 4. The number of aliphatic carboxylic acids is 1. The number of nitrogen functional groups attached to an aromatic ring is 1. The number of aromatic nitrogens is 2. The van der Waals surface area contributed by atoms with E-state index in [1.54, 1.807) is 29.6 Å². The number of quaternary nitrogens is 1. The first-order chi connectivity index (χ1) is 12.7. The van der Waals surface area contributed by atoms with E-state index < -0.39 is 5.97 Å². The highest BCUT2D eigenvalue weighted by Gasteiger charge is 2.29. The first kappa shape index (κ1) is 15.9. The van der Waals surface area contributed by atoms with E-state index in [9.17, 15) is 9.90 Å². The maximum absolute atomic E-state index is 11.3. The van der Waals surface area contributed by atoms with Crippen LogP contribution in [0.1, 0.15) is 16.9 Å². The number of carbonyl (C=O) groups is 1. The standard InChI is InChI=1S/C17H15N5O2S2/c23-17(24)8-1-3-10-12(5-8)25-16-14(10)15(18-7-19-16)20-9-2-4-11-13(6-9)26-22-21-11/h2,4,6-8,21-22H,1,3,5H2,(H,23,24)(H,18,19,20)/p+1. The molecule has 3 heterocycles. The third-order valence-corrected chi connectivity index (χ3v) is 6.83. The Kier molecular flexibility index (Phi) is 3.73. The highest BCUT2D eigenvalue weighted by Crippen LogP contribution is 2.40. The van der Waals surface area contributed by atoms with Crippen LogP contribution in [-0.4, -0.2) is 21.0 Å². The smallest absolute Gasteiger partial charge is 0.306 e. The summed E-state index contributed by atoms with van der Waals surface area (Å²) in [5.74, 6) is -0.211. The van der Waals surface area contributed by atoms with Crippen molar-refractivity contribution in [2.45, 2.75) is 24.2 Å². The lowest BCUT2D eigenvalue weighted by Gasteiger charge is -2.18. The summed E-state index contributed by atoms with van der Waals surface area (Å²) in [6.07, 6.45) is 3.58. The summed E-state index contributed by atoms with van der Waals surface area (Å²) in [5.41, 5.74) is 6.51. The van der Waals surface area contributed by atoms with Gasteiger partial charge < -0.3 is 10.4 Å². The van der Waals surface area contributed by atoms with Crippen LogP contribution in [0.25, 0.3) is 10.2 Å². The Morgan fingerprint density at radius 2 is 2.31 bits per heavy atom. The molecule has 0 spiro atoms. The van der Waals surface area contributed by atoms with E-state index in [2.05, 4.69) is 26.8 Å². The summed E-state index contributed by atoms with van der Waals surface area (Å²) in [6.45, 7) is 0. The molecule has 2 aromatic heterocycles. The summed E-state index contributed by atoms with van der Waals surface area (Å²) >= 11 is 3.25. The Hall–Kier alpha value is -2.36. The number of anilines is 3. The Balaban J connectivity index is 1.54. The molecule has 0 radical (unpaired) electrons. The predicted molar refractivity (Wildman–Crippen MR) is 102 cm³/mol. The van der Waals surface area contributed by atoms with Crippen LogP contribution in [0.5, 0.6) is 0 Å². The number of rotatable bonds is 3. The fourth-order valence-electron chi connectivity index (χ4n) is 3.53. The summed E-state index contributed by atoms with van der Waals surface area (Å²) in [4.78, 5) is 25.4. The number of benzene rings is 1. The second kappa shape index (κ2) is 6.11. The average Bonchev–Trinajstić information content (AvgIpc) is 3.25. The maximum atomic E-state index is 11.3. The zero-order chi connectivity index (χ0) is 17.7. The molecule has 7 nitrogen and oxygen atoms in total. The molecule has 2 aliphatic rings. The number of aryl methyl sites for hydroxylation is 1. The lowest BCUT2D eigenvalue weighted by Crippen LogP contribution is -2.77. The predicted octanol–water partition coefficient (Wildman–Crippen LogP) is 2.54. The first-order valence-electron chi connectivity index (χ1n) is 8.33. The van der Waals surface area contributed by atoms with Crippen LogP contribution in [0.2, 0.25) is 0 Å². The van der Waals surface area contributed by atoms with Gasteiger partial charge in [0.2, 0.25) is 0 Å². The molecule has 5 rings (SSSR count). The molecule has 132 valence electrons. The van der Waals surface area contributed by atoms with Crippen LogP contribution in [0.15, 0.2) is 29.4 Å². The largest absolute Gasteiger partial charge is 0.481 e. The number of carboxylic acid groups (broad SMARTS) is 1. The molecule has 1 unspecified atom stereocenters. The zero-order valence-electron chi connectivity index (χ0n) is 13.7. The second-order valence-electron chi connectivity index (χ2n) is 6.40. The normalized spacial score (nSPS) is 18.2. The summed E-state index contributed by atoms with van der Waals surface area (Å²) in [6, 6.07) is 6.18. The van der Waals surface area contributed by atoms with Crippen LogP contribution in [0, 0.1) is 5.92 Å². The van der Waals surface area contributed by atoms with E-state index in [4.69, 9.17) is 0 Å². The van der Waals surface area contributed by atoms with E-state index in [-0.39, 0.29) is 5.92 Å². The van der Waals surface area contributed by atoms with Crippen LogP contribution in [0.3, 0.4) is 0 Å². The lowest BCUT2D eigenvalue weighted by atomic mass is 9.88. The topological polar surface area (TPSA) is 104 Å². The second-order valence-corrected chi connectivity index (χ2v) is 8.40. The number of nitrogens with zero attached hydrogens (tertiary/aromatic N) is 2. The van der Waals surface area contributed by atoms with Crippen molar-refractivity contribution in [3.8, 4) is 0 Å². The van der Waals surface area contributed by atoms with Gasteiger partial charge in [-0.1, -0.05) is 0 Å². The number of nitrogens with one attached hydrogen (secondary N) is 2. The number of nitrogens with two attached hydrogens (primary N) is 1. The van der Waals surface area contributed by atoms with Crippen molar-refractivity contribution in [3.05, 3.63) is 35.0 Å². The Bertz CT molecular complexity index is 1040. The molecule has 1 atom stereocenters. The average molecular weight is 386 g/mol. The van der Waals surface area contributed by atoms with Gasteiger partial charge in [-0.2, -0.15) is 4.83 Å². The van der Waals surface area contributed by atoms with Crippen molar-refractivity contribution in [2.75, 3.05) is 10.7 Å². The monoisotopic (exact) mass is 386 g/mol. The molecule has 0 bridgehead atoms. The molecular formula is C17H16N5O2S2+. The molecular weight excluding hydrogens is 370 g/mol. The van der Waals surface area contributed by atoms with Crippen molar-refractivity contribution in [3.63, 3.8) is 0 Å². The minimum atomic E-state index is -0.710. The first-order valence-corrected chi connectivity index (χ1v) is 10.0. The summed E-state index contributed by atoms with van der Waals surface area (Å²) in [5, 5.41) is 13.8. The highest BCUT2D eigenvalue weighted by atomic mass is 32.2. The van der Waals surface area contributed by atoms with Gasteiger partial charge in [-0.25, -0.2) is 15.4 Å². The minimum absolute atomic E-state index is 0.294. The number of carboxylic acids is 1. The molecule has 1 aliphatic carbocycles. The highest BCUT2D eigenvalue weighted by molar-refractivity contribution is 7.93. The van der Waals surface area contributed by atoms with Gasteiger partial charge in [-0.3, -0.25) is 4.79 Å². The fourth-order valence-corrected chi connectivity index (χ4v) is 5.55. The van der Waals surface area contributed by atoms with Crippen molar-refractivity contribution in [1.29, 1.82) is 0 Å². The fraction of sp³-hybridized carbons (Fsp3) is 0.235. The molecule has 0 amide bonds. The minimum Gasteiger partial charge on any atom is -0.481 e. The van der Waals surface area contributed by atoms with Gasteiger partial charge in [0.15, 0.2) is 0 Å². The van der Waals surface area contributed by atoms with Gasteiger partial charge in [-0.15, -0.1) is 11.3 Å². The molecule has 0 saturated carbocycles. The summed E-state index contributed by atoms with van der Waals surface area (Å²) < 4.78 is 0. The van der Waals surface area contributed by atoms with Crippen LogP contribution in [0.4, 0.5) is 17.2 Å². The molecule has 1 aromatic carbocycles.